The van der Waals surface area contributed by atoms with Crippen LogP contribution in [-0.4, -0.2) is 47.8 Å². The summed E-state index contributed by atoms with van der Waals surface area (Å²) in [5.41, 5.74) is -1.28. The Kier molecular flexibility index (Phi) is 3.50. The Morgan fingerprint density at radius 2 is 2.29 bits per heavy atom. The Bertz CT molecular complexity index is 204. The normalized spacial score (nSPS) is 22.4. The van der Waals surface area contributed by atoms with Gasteiger partial charge in [-0.2, -0.15) is 0 Å². The van der Waals surface area contributed by atoms with Gasteiger partial charge >= 0.3 is 0 Å². The first kappa shape index (κ1) is 11.5. The molecule has 0 spiro atoms. The van der Waals surface area contributed by atoms with Crippen LogP contribution in [0, 0.1) is 0 Å². The van der Waals surface area contributed by atoms with Crippen LogP contribution < -0.4 is 0 Å². The molecule has 14 heavy (non-hydrogen) atoms. The number of aliphatic hydroxyl groups is 1. The molecule has 4 nitrogen and oxygen atoms in total. The third-order valence-electron chi connectivity index (χ3n) is 2.37. The van der Waals surface area contributed by atoms with Gasteiger partial charge in [0.2, 0.25) is 0 Å². The predicted molar refractivity (Wildman–Crippen MR) is 52.9 cm³/mol. The van der Waals surface area contributed by atoms with E-state index in [-0.39, 0.29) is 12.0 Å². The molecule has 1 aliphatic rings. The van der Waals surface area contributed by atoms with Crippen molar-refractivity contribution < 1.29 is 14.6 Å². The first-order valence-electron chi connectivity index (χ1n) is 5.01. The van der Waals surface area contributed by atoms with Gasteiger partial charge in [-0.25, -0.2) is 0 Å². The summed E-state index contributed by atoms with van der Waals surface area (Å²) in [4.78, 5) is 13.1. The van der Waals surface area contributed by atoms with Gasteiger partial charge in [0.1, 0.15) is 5.60 Å². The number of likely N-dealkylation sites (N-methyl/N-ethyl adjacent to an activating group) is 1. The van der Waals surface area contributed by atoms with Crippen LogP contribution in [-0.2, 0) is 9.53 Å². The van der Waals surface area contributed by atoms with Crippen molar-refractivity contribution in [3.05, 3.63) is 0 Å². The van der Waals surface area contributed by atoms with Crippen molar-refractivity contribution in [1.82, 2.24) is 4.90 Å². The van der Waals surface area contributed by atoms with Gasteiger partial charge in [0, 0.05) is 20.2 Å². The molecule has 1 unspecified atom stereocenters. The molecule has 1 N–H and O–H groups in total. The summed E-state index contributed by atoms with van der Waals surface area (Å²) >= 11 is 0. The summed E-state index contributed by atoms with van der Waals surface area (Å²) in [6.45, 7) is 4.36. The SMILES string of the molecule is CN(CC1CCCO1)C(=O)C(C)(C)O. The van der Waals surface area contributed by atoms with Crippen LogP contribution in [0.5, 0.6) is 0 Å². The summed E-state index contributed by atoms with van der Waals surface area (Å²) < 4.78 is 5.41. The molecule has 0 aromatic carbocycles. The van der Waals surface area contributed by atoms with E-state index in [1.165, 1.54) is 18.7 Å². The lowest BCUT2D eigenvalue weighted by Gasteiger charge is -2.26. The van der Waals surface area contributed by atoms with Crippen molar-refractivity contribution in [2.45, 2.75) is 38.4 Å². The van der Waals surface area contributed by atoms with Crippen LogP contribution in [0.1, 0.15) is 26.7 Å². The molecule has 0 aromatic heterocycles. The van der Waals surface area contributed by atoms with E-state index in [1.807, 2.05) is 0 Å². The Labute approximate surface area is 84.8 Å². The molecule has 1 rings (SSSR count). The predicted octanol–water partition coefficient (Wildman–Crippen LogP) is 0.395. The van der Waals surface area contributed by atoms with Gasteiger partial charge in [-0.15, -0.1) is 0 Å². The summed E-state index contributed by atoms with van der Waals surface area (Å²) in [5, 5.41) is 9.50. The second kappa shape index (κ2) is 4.28. The van der Waals surface area contributed by atoms with Gasteiger partial charge in [0.05, 0.1) is 6.10 Å². The molecular formula is C10H19NO3. The number of rotatable bonds is 3. The van der Waals surface area contributed by atoms with Gasteiger partial charge in [-0.05, 0) is 26.7 Å². The van der Waals surface area contributed by atoms with E-state index in [4.69, 9.17) is 4.74 Å². The zero-order valence-corrected chi connectivity index (χ0v) is 9.12. The largest absolute Gasteiger partial charge is 0.381 e. The minimum Gasteiger partial charge on any atom is -0.381 e. The third-order valence-corrected chi connectivity index (χ3v) is 2.37. The van der Waals surface area contributed by atoms with Crippen molar-refractivity contribution in [3.63, 3.8) is 0 Å². The second-order valence-corrected chi connectivity index (χ2v) is 4.38. The lowest BCUT2D eigenvalue weighted by Crippen LogP contribution is -2.45. The highest BCUT2D eigenvalue weighted by molar-refractivity contribution is 5.83. The summed E-state index contributed by atoms with van der Waals surface area (Å²) in [5.74, 6) is -0.256. The molecule has 1 aliphatic heterocycles. The smallest absolute Gasteiger partial charge is 0.253 e. The molecule has 1 heterocycles. The monoisotopic (exact) mass is 201 g/mol. The fourth-order valence-electron chi connectivity index (χ4n) is 1.64. The van der Waals surface area contributed by atoms with Gasteiger partial charge in [-0.1, -0.05) is 0 Å². The third kappa shape index (κ3) is 2.96. The molecule has 0 saturated carbocycles. The van der Waals surface area contributed by atoms with E-state index >= 15 is 0 Å². The summed E-state index contributed by atoms with van der Waals surface area (Å²) in [7, 11) is 1.70. The van der Waals surface area contributed by atoms with E-state index < -0.39 is 5.60 Å². The highest BCUT2D eigenvalue weighted by Gasteiger charge is 2.29. The van der Waals surface area contributed by atoms with Crippen LogP contribution in [0.2, 0.25) is 0 Å². The van der Waals surface area contributed by atoms with E-state index in [9.17, 15) is 9.90 Å². The quantitative estimate of drug-likeness (QED) is 0.719. The highest BCUT2D eigenvalue weighted by Crippen LogP contribution is 2.14. The summed E-state index contributed by atoms with van der Waals surface area (Å²) in [6.07, 6.45) is 2.21. The number of hydrogen-bond donors (Lipinski definition) is 1. The second-order valence-electron chi connectivity index (χ2n) is 4.38. The lowest BCUT2D eigenvalue weighted by atomic mass is 10.1. The fourth-order valence-corrected chi connectivity index (χ4v) is 1.64. The number of amides is 1. The zero-order valence-electron chi connectivity index (χ0n) is 9.12. The molecular weight excluding hydrogens is 182 g/mol. The number of carbonyl (C=O) groups is 1. The maximum Gasteiger partial charge on any atom is 0.253 e. The first-order valence-corrected chi connectivity index (χ1v) is 5.01. The van der Waals surface area contributed by atoms with Gasteiger partial charge in [0.15, 0.2) is 0 Å². The molecule has 1 atom stereocenters. The molecule has 1 saturated heterocycles. The van der Waals surface area contributed by atoms with Crippen LogP contribution in [0.25, 0.3) is 0 Å². The van der Waals surface area contributed by atoms with Crippen LogP contribution in [0.4, 0.5) is 0 Å². The zero-order chi connectivity index (χ0) is 10.8. The number of nitrogens with zero attached hydrogens (tertiary/aromatic N) is 1. The minimum atomic E-state index is -1.28. The van der Waals surface area contributed by atoms with Crippen LogP contribution >= 0.6 is 0 Å². The number of carbonyl (C=O) groups excluding carboxylic acids is 1. The van der Waals surface area contributed by atoms with Crippen molar-refractivity contribution in [2.75, 3.05) is 20.2 Å². The molecule has 1 amide bonds. The Morgan fingerprint density at radius 3 is 2.71 bits per heavy atom. The molecule has 0 aromatic rings. The van der Waals surface area contributed by atoms with Crippen molar-refractivity contribution in [1.29, 1.82) is 0 Å². The Balaban J connectivity index is 2.41. The maximum absolute atomic E-state index is 11.6. The van der Waals surface area contributed by atoms with Gasteiger partial charge in [0.25, 0.3) is 5.91 Å². The fraction of sp³-hybridized carbons (Fsp3) is 0.900. The summed E-state index contributed by atoms with van der Waals surface area (Å²) in [6, 6.07) is 0. The molecule has 0 radical (unpaired) electrons. The standard InChI is InChI=1S/C10H19NO3/c1-10(2,13)9(12)11(3)7-8-5-4-6-14-8/h8,13H,4-7H2,1-3H3. The van der Waals surface area contributed by atoms with E-state index in [0.29, 0.717) is 6.54 Å². The van der Waals surface area contributed by atoms with Gasteiger partial charge < -0.3 is 14.7 Å². The minimum absolute atomic E-state index is 0.145. The van der Waals surface area contributed by atoms with Crippen LogP contribution in [0.15, 0.2) is 0 Å². The van der Waals surface area contributed by atoms with E-state index in [1.54, 1.807) is 7.05 Å². The lowest BCUT2D eigenvalue weighted by molar-refractivity contribution is -0.147. The first-order chi connectivity index (χ1) is 6.41. The molecule has 82 valence electrons. The Morgan fingerprint density at radius 1 is 1.64 bits per heavy atom. The topological polar surface area (TPSA) is 49.8 Å². The average Bonchev–Trinajstić information content (AvgIpc) is 2.53. The number of hydrogen-bond acceptors (Lipinski definition) is 3. The highest BCUT2D eigenvalue weighted by atomic mass is 16.5. The Hall–Kier alpha value is -0.610. The molecule has 0 bridgehead atoms. The number of ether oxygens (including phenoxy) is 1. The molecule has 0 aliphatic carbocycles. The average molecular weight is 201 g/mol. The van der Waals surface area contributed by atoms with Crippen molar-refractivity contribution in [2.24, 2.45) is 0 Å². The van der Waals surface area contributed by atoms with Crippen molar-refractivity contribution in [3.8, 4) is 0 Å². The molecule has 1 fully saturated rings. The van der Waals surface area contributed by atoms with Crippen molar-refractivity contribution >= 4 is 5.91 Å². The maximum atomic E-state index is 11.6. The van der Waals surface area contributed by atoms with E-state index in [2.05, 4.69) is 0 Å². The molecule has 4 heteroatoms. The van der Waals surface area contributed by atoms with E-state index in [0.717, 1.165) is 19.4 Å². The van der Waals surface area contributed by atoms with Crippen LogP contribution in [0.3, 0.4) is 0 Å². The van der Waals surface area contributed by atoms with Gasteiger partial charge in [-0.3, -0.25) is 4.79 Å².